The first-order valence-electron chi connectivity index (χ1n) is 9.26. The first-order chi connectivity index (χ1) is 12.4. The molecule has 0 bridgehead atoms. The van der Waals surface area contributed by atoms with Crippen molar-refractivity contribution in [2.45, 2.75) is 56.3 Å². The fourth-order valence-electron chi connectivity index (χ4n) is 3.85. The molecule has 1 aliphatic carbocycles. The molecule has 1 aliphatic heterocycles. The van der Waals surface area contributed by atoms with Gasteiger partial charge in [0.25, 0.3) is 0 Å². The van der Waals surface area contributed by atoms with Gasteiger partial charge in [0.1, 0.15) is 12.0 Å². The second kappa shape index (κ2) is 7.73. The molecule has 0 unspecified atom stereocenters. The van der Waals surface area contributed by atoms with Crippen molar-refractivity contribution >= 4 is 17.7 Å². The molecule has 144 valence electrons. The van der Waals surface area contributed by atoms with E-state index in [2.05, 4.69) is 15.3 Å². The van der Waals surface area contributed by atoms with Crippen LogP contribution in [0.4, 0.5) is 16.2 Å². The van der Waals surface area contributed by atoms with E-state index in [0.29, 0.717) is 37.6 Å². The van der Waals surface area contributed by atoms with Crippen LogP contribution >= 0.6 is 0 Å². The van der Waals surface area contributed by atoms with E-state index in [1.54, 1.807) is 17.2 Å². The van der Waals surface area contributed by atoms with Crippen molar-refractivity contribution in [3.05, 3.63) is 12.3 Å². The summed E-state index contributed by atoms with van der Waals surface area (Å²) in [5, 5.41) is 13.2. The minimum Gasteiger partial charge on any atom is -0.389 e. The van der Waals surface area contributed by atoms with Gasteiger partial charge in [-0.05, 0) is 18.9 Å². The van der Waals surface area contributed by atoms with Crippen LogP contribution in [0.15, 0.2) is 12.3 Å². The van der Waals surface area contributed by atoms with E-state index in [4.69, 9.17) is 0 Å². The molecule has 3 rings (SSSR count). The summed E-state index contributed by atoms with van der Waals surface area (Å²) in [5.74, 6) is 1.06. The number of nitrogens with zero attached hydrogens (tertiary/aromatic N) is 4. The van der Waals surface area contributed by atoms with Gasteiger partial charge in [-0.15, -0.1) is 0 Å². The Morgan fingerprint density at radius 3 is 2.88 bits per heavy atom. The molecule has 2 heterocycles. The van der Waals surface area contributed by atoms with Crippen LogP contribution in [-0.2, 0) is 4.79 Å². The number of nitrogens with one attached hydrogen (secondary N) is 1. The molecule has 1 saturated heterocycles. The third-order valence-corrected chi connectivity index (χ3v) is 5.24. The van der Waals surface area contributed by atoms with Crippen LogP contribution in [0.1, 0.15) is 38.5 Å². The second-order valence-corrected chi connectivity index (χ2v) is 7.66. The molecule has 7 nitrogen and oxygen atoms in total. The minimum absolute atomic E-state index is 0.122. The van der Waals surface area contributed by atoms with Crippen LogP contribution < -0.4 is 15.1 Å². The Labute approximate surface area is 153 Å². The normalized spacial score (nSPS) is 24.7. The maximum absolute atomic E-state index is 14.0. The van der Waals surface area contributed by atoms with Gasteiger partial charge in [0, 0.05) is 33.3 Å². The van der Waals surface area contributed by atoms with Crippen LogP contribution in [0, 0.1) is 0 Å². The summed E-state index contributed by atoms with van der Waals surface area (Å²) in [5.41, 5.74) is -0.866. The lowest BCUT2D eigenvalue weighted by molar-refractivity contribution is -0.125. The Morgan fingerprint density at radius 2 is 2.19 bits per heavy atom. The van der Waals surface area contributed by atoms with Gasteiger partial charge < -0.3 is 20.2 Å². The average Bonchev–Trinajstić information content (AvgIpc) is 3.18. The number of halogens is 1. The number of aliphatic hydroxyl groups is 1. The molecule has 0 aromatic carbocycles. The molecule has 1 aromatic rings. The molecule has 1 aromatic heterocycles. The zero-order valence-corrected chi connectivity index (χ0v) is 15.5. The average molecular weight is 365 g/mol. The Hall–Kier alpha value is -1.96. The van der Waals surface area contributed by atoms with Gasteiger partial charge in [0.2, 0.25) is 11.9 Å². The highest BCUT2D eigenvalue weighted by atomic mass is 19.1. The molecular formula is C18H28FN5O2. The van der Waals surface area contributed by atoms with Gasteiger partial charge in [-0.3, -0.25) is 4.79 Å². The van der Waals surface area contributed by atoms with Crippen molar-refractivity contribution in [3.8, 4) is 0 Å². The Kier molecular flexibility index (Phi) is 5.60. The zero-order chi connectivity index (χ0) is 18.7. The number of rotatable bonds is 6. The van der Waals surface area contributed by atoms with Crippen molar-refractivity contribution in [2.75, 3.05) is 37.0 Å². The molecule has 2 N–H and O–H groups in total. The molecule has 0 radical (unpaired) electrons. The van der Waals surface area contributed by atoms with Gasteiger partial charge in [-0.1, -0.05) is 12.8 Å². The molecule has 1 saturated carbocycles. The summed E-state index contributed by atoms with van der Waals surface area (Å²) < 4.78 is 14.0. The van der Waals surface area contributed by atoms with Crippen molar-refractivity contribution in [3.63, 3.8) is 0 Å². The quantitative estimate of drug-likeness (QED) is 0.790. The number of carbonyl (C=O) groups excluding carboxylic acids is 1. The van der Waals surface area contributed by atoms with Gasteiger partial charge in [0.05, 0.1) is 24.6 Å². The predicted octanol–water partition coefficient (Wildman–Crippen LogP) is 1.27. The minimum atomic E-state index is -0.950. The van der Waals surface area contributed by atoms with E-state index in [9.17, 15) is 14.3 Å². The molecule has 8 heteroatoms. The third-order valence-electron chi connectivity index (χ3n) is 5.24. The molecule has 2 atom stereocenters. The molecular weight excluding hydrogens is 337 g/mol. The zero-order valence-electron chi connectivity index (χ0n) is 15.5. The van der Waals surface area contributed by atoms with Crippen molar-refractivity contribution in [1.29, 1.82) is 0 Å². The predicted molar refractivity (Wildman–Crippen MR) is 98.1 cm³/mol. The summed E-state index contributed by atoms with van der Waals surface area (Å²) in [6.45, 7) is 0.602. The van der Waals surface area contributed by atoms with E-state index < -0.39 is 11.8 Å². The fourth-order valence-corrected chi connectivity index (χ4v) is 3.85. The lowest BCUT2D eigenvalue weighted by atomic mass is 9.97. The number of anilines is 2. The van der Waals surface area contributed by atoms with E-state index in [1.807, 2.05) is 19.0 Å². The standard InChI is InChI=1S/C18H28FN5O2/c1-23(2)17-20-8-5-15(22-17)24-12-13(19)9-14(24)11-21-16(25)10-18(26)6-3-4-7-18/h5,8,13-14,26H,3-4,6-7,9-12H2,1-2H3,(H,21,25)/t13-,14-/m0/s1. The molecule has 2 aliphatic rings. The highest BCUT2D eigenvalue weighted by molar-refractivity contribution is 5.77. The second-order valence-electron chi connectivity index (χ2n) is 7.66. The monoisotopic (exact) mass is 365 g/mol. The number of amides is 1. The first kappa shape index (κ1) is 18.8. The van der Waals surface area contributed by atoms with Crippen LogP contribution in [-0.4, -0.2) is 66.0 Å². The Bertz CT molecular complexity index is 636. The third kappa shape index (κ3) is 4.41. The highest BCUT2D eigenvalue weighted by Crippen LogP contribution is 2.32. The summed E-state index contributed by atoms with van der Waals surface area (Å²) in [4.78, 5) is 24.6. The number of alkyl halides is 1. The summed E-state index contributed by atoms with van der Waals surface area (Å²) in [6, 6.07) is 1.61. The summed E-state index contributed by atoms with van der Waals surface area (Å²) in [7, 11) is 3.71. The maximum atomic E-state index is 14.0. The molecule has 0 spiro atoms. The van der Waals surface area contributed by atoms with E-state index >= 15 is 0 Å². The van der Waals surface area contributed by atoms with Gasteiger partial charge >= 0.3 is 0 Å². The van der Waals surface area contributed by atoms with Crippen LogP contribution in [0.2, 0.25) is 0 Å². The smallest absolute Gasteiger partial charge is 0.226 e. The number of aromatic nitrogens is 2. The Morgan fingerprint density at radius 1 is 1.46 bits per heavy atom. The highest BCUT2D eigenvalue weighted by Gasteiger charge is 2.36. The van der Waals surface area contributed by atoms with Crippen molar-refractivity contribution in [1.82, 2.24) is 15.3 Å². The molecule has 2 fully saturated rings. The van der Waals surface area contributed by atoms with Crippen molar-refractivity contribution < 1.29 is 14.3 Å². The maximum Gasteiger partial charge on any atom is 0.226 e. The van der Waals surface area contributed by atoms with Gasteiger partial charge in [-0.25, -0.2) is 9.37 Å². The lowest BCUT2D eigenvalue weighted by Gasteiger charge is -2.27. The van der Waals surface area contributed by atoms with Gasteiger partial charge in [-0.2, -0.15) is 4.98 Å². The fraction of sp³-hybridized carbons (Fsp3) is 0.722. The number of hydrogen-bond acceptors (Lipinski definition) is 6. The largest absolute Gasteiger partial charge is 0.389 e. The summed E-state index contributed by atoms with van der Waals surface area (Å²) >= 11 is 0. The van der Waals surface area contributed by atoms with Crippen LogP contribution in [0.25, 0.3) is 0 Å². The number of hydrogen-bond donors (Lipinski definition) is 2. The lowest BCUT2D eigenvalue weighted by Crippen LogP contribution is -2.42. The topological polar surface area (TPSA) is 81.6 Å². The molecule has 1 amide bonds. The van der Waals surface area contributed by atoms with Crippen LogP contribution in [0.3, 0.4) is 0 Å². The SMILES string of the molecule is CN(C)c1nccc(N2C[C@@H](F)C[C@H]2CNC(=O)CC2(O)CCCC2)n1. The van der Waals surface area contributed by atoms with E-state index in [-0.39, 0.29) is 24.9 Å². The molecule has 26 heavy (non-hydrogen) atoms. The van der Waals surface area contributed by atoms with Crippen molar-refractivity contribution in [2.24, 2.45) is 0 Å². The van der Waals surface area contributed by atoms with Gasteiger partial charge in [0.15, 0.2) is 0 Å². The van der Waals surface area contributed by atoms with Crippen LogP contribution in [0.5, 0.6) is 0 Å². The number of carbonyl (C=O) groups is 1. The van der Waals surface area contributed by atoms with E-state index in [0.717, 1.165) is 12.8 Å². The van der Waals surface area contributed by atoms with E-state index in [1.165, 1.54) is 0 Å². The summed E-state index contributed by atoms with van der Waals surface area (Å²) in [6.07, 6.45) is 4.47. The Balaban J connectivity index is 1.61. The first-order valence-corrected chi connectivity index (χ1v) is 9.26.